The third kappa shape index (κ3) is 2.48. The minimum absolute atomic E-state index is 0.576. The van der Waals surface area contributed by atoms with Crippen molar-refractivity contribution >= 4 is 5.82 Å². The summed E-state index contributed by atoms with van der Waals surface area (Å²) in [5.41, 5.74) is 3.21. The Morgan fingerprint density at radius 3 is 2.83 bits per heavy atom. The maximum absolute atomic E-state index is 9.31. The van der Waals surface area contributed by atoms with E-state index in [0.717, 1.165) is 37.3 Å². The summed E-state index contributed by atoms with van der Waals surface area (Å²) in [5, 5.41) is 9.31. The fourth-order valence-electron chi connectivity index (χ4n) is 2.59. The Morgan fingerprint density at radius 2 is 2.22 bits per heavy atom. The minimum atomic E-state index is 0.576. The van der Waals surface area contributed by atoms with E-state index >= 15 is 0 Å². The third-order valence-electron chi connectivity index (χ3n) is 3.42. The highest BCUT2D eigenvalue weighted by Gasteiger charge is 2.19. The zero-order chi connectivity index (χ0) is 13.1. The van der Waals surface area contributed by atoms with E-state index in [1.54, 1.807) is 0 Å². The van der Waals surface area contributed by atoms with Crippen molar-refractivity contribution in [1.29, 1.82) is 5.26 Å². The Kier molecular flexibility index (Phi) is 3.86. The number of nitrogens with zero attached hydrogens (tertiary/aromatic N) is 3. The van der Waals surface area contributed by atoms with Crippen LogP contribution < -0.4 is 4.90 Å². The smallest absolute Gasteiger partial charge is 0.146 e. The molecule has 2 rings (SSSR count). The quantitative estimate of drug-likeness (QED) is 0.816. The molecule has 0 aromatic carbocycles. The molecular weight excluding hydrogens is 222 g/mol. The molecule has 96 valence electrons. The fourth-order valence-corrected chi connectivity index (χ4v) is 2.59. The lowest BCUT2D eigenvalue weighted by atomic mass is 10.1. The maximum Gasteiger partial charge on any atom is 0.146 e. The SMILES string of the molecule is CCN(CC(C)C)c1nc2c(cc1C#N)CCC2. The number of nitriles is 1. The standard InChI is InChI=1S/C15H21N3/c1-4-18(10-11(2)3)15-13(9-16)8-12-6-5-7-14(12)17-15/h8,11H,4-7,10H2,1-3H3. The Bertz CT molecular complexity index is 471. The van der Waals surface area contributed by atoms with Crippen LogP contribution in [-0.4, -0.2) is 18.1 Å². The molecule has 3 heteroatoms. The van der Waals surface area contributed by atoms with Gasteiger partial charge in [0.25, 0.3) is 0 Å². The van der Waals surface area contributed by atoms with Crippen molar-refractivity contribution in [1.82, 2.24) is 4.98 Å². The van der Waals surface area contributed by atoms with E-state index in [9.17, 15) is 5.26 Å². The highest BCUT2D eigenvalue weighted by molar-refractivity contribution is 5.56. The van der Waals surface area contributed by atoms with Gasteiger partial charge < -0.3 is 4.90 Å². The van der Waals surface area contributed by atoms with Crippen molar-refractivity contribution in [3.05, 3.63) is 22.9 Å². The largest absolute Gasteiger partial charge is 0.356 e. The minimum Gasteiger partial charge on any atom is -0.356 e. The molecule has 0 atom stereocenters. The molecule has 0 bridgehead atoms. The first-order valence-corrected chi connectivity index (χ1v) is 6.83. The second-order valence-electron chi connectivity index (χ2n) is 5.36. The van der Waals surface area contributed by atoms with Crippen LogP contribution in [0.5, 0.6) is 0 Å². The van der Waals surface area contributed by atoms with Crippen LogP contribution in [0.3, 0.4) is 0 Å². The van der Waals surface area contributed by atoms with Gasteiger partial charge in [-0.3, -0.25) is 0 Å². The number of rotatable bonds is 4. The van der Waals surface area contributed by atoms with Crippen LogP contribution in [0.2, 0.25) is 0 Å². The lowest BCUT2D eigenvalue weighted by Crippen LogP contribution is -2.29. The van der Waals surface area contributed by atoms with Gasteiger partial charge in [-0.1, -0.05) is 13.8 Å². The summed E-state index contributed by atoms with van der Waals surface area (Å²) in [7, 11) is 0. The summed E-state index contributed by atoms with van der Waals surface area (Å²) < 4.78 is 0. The first-order chi connectivity index (χ1) is 8.65. The first kappa shape index (κ1) is 12.9. The Hall–Kier alpha value is -1.56. The molecule has 0 unspecified atom stereocenters. The van der Waals surface area contributed by atoms with Crippen LogP contribution in [0, 0.1) is 17.2 Å². The summed E-state index contributed by atoms with van der Waals surface area (Å²) in [4.78, 5) is 6.98. The second-order valence-corrected chi connectivity index (χ2v) is 5.36. The van der Waals surface area contributed by atoms with Crippen molar-refractivity contribution in [2.75, 3.05) is 18.0 Å². The molecule has 1 aliphatic carbocycles. The van der Waals surface area contributed by atoms with Gasteiger partial charge in [0.05, 0.1) is 5.56 Å². The molecule has 0 fully saturated rings. The predicted octanol–water partition coefficient (Wildman–Crippen LogP) is 2.92. The number of aryl methyl sites for hydroxylation is 2. The lowest BCUT2D eigenvalue weighted by Gasteiger charge is -2.25. The zero-order valence-corrected chi connectivity index (χ0v) is 11.5. The normalized spacial score (nSPS) is 13.5. The van der Waals surface area contributed by atoms with Crippen LogP contribution in [0.15, 0.2) is 6.07 Å². The zero-order valence-electron chi connectivity index (χ0n) is 11.5. The number of pyridine rings is 1. The summed E-state index contributed by atoms with van der Waals surface area (Å²) in [6.07, 6.45) is 3.31. The molecule has 18 heavy (non-hydrogen) atoms. The fraction of sp³-hybridized carbons (Fsp3) is 0.600. The average Bonchev–Trinajstić information content (AvgIpc) is 2.81. The van der Waals surface area contributed by atoms with E-state index < -0.39 is 0 Å². The topological polar surface area (TPSA) is 39.9 Å². The monoisotopic (exact) mass is 243 g/mol. The Morgan fingerprint density at radius 1 is 1.44 bits per heavy atom. The Balaban J connectivity index is 2.39. The molecule has 0 spiro atoms. The van der Waals surface area contributed by atoms with Crippen molar-refractivity contribution in [2.24, 2.45) is 5.92 Å². The molecule has 0 N–H and O–H groups in total. The highest BCUT2D eigenvalue weighted by Crippen LogP contribution is 2.27. The van der Waals surface area contributed by atoms with Gasteiger partial charge in [-0.15, -0.1) is 0 Å². The second kappa shape index (κ2) is 5.39. The molecule has 0 radical (unpaired) electrons. The van der Waals surface area contributed by atoms with E-state index in [1.807, 2.05) is 6.07 Å². The summed E-state index contributed by atoms with van der Waals surface area (Å²) in [5.74, 6) is 1.46. The number of hydrogen-bond donors (Lipinski definition) is 0. The number of anilines is 1. The van der Waals surface area contributed by atoms with Crippen molar-refractivity contribution < 1.29 is 0 Å². The van der Waals surface area contributed by atoms with Gasteiger partial charge >= 0.3 is 0 Å². The molecule has 3 nitrogen and oxygen atoms in total. The van der Waals surface area contributed by atoms with Crippen molar-refractivity contribution in [2.45, 2.75) is 40.0 Å². The van der Waals surface area contributed by atoms with Gasteiger partial charge in [-0.05, 0) is 43.7 Å². The van der Waals surface area contributed by atoms with Crippen molar-refractivity contribution in [3.8, 4) is 6.07 Å². The van der Waals surface area contributed by atoms with E-state index in [4.69, 9.17) is 4.98 Å². The van der Waals surface area contributed by atoms with Crippen LogP contribution in [-0.2, 0) is 12.8 Å². The number of aromatic nitrogens is 1. The molecule has 0 aliphatic heterocycles. The molecule has 1 aromatic heterocycles. The van der Waals surface area contributed by atoms with Crippen LogP contribution in [0.1, 0.15) is 44.0 Å². The van der Waals surface area contributed by atoms with E-state index in [-0.39, 0.29) is 0 Å². The molecule has 0 amide bonds. The molecule has 0 saturated carbocycles. The van der Waals surface area contributed by atoms with Crippen molar-refractivity contribution in [3.63, 3.8) is 0 Å². The van der Waals surface area contributed by atoms with E-state index in [0.29, 0.717) is 5.92 Å². The molecule has 1 aromatic rings. The maximum atomic E-state index is 9.31. The van der Waals surface area contributed by atoms with Crippen LogP contribution in [0.4, 0.5) is 5.82 Å². The van der Waals surface area contributed by atoms with Gasteiger partial charge in [0, 0.05) is 18.8 Å². The van der Waals surface area contributed by atoms with Gasteiger partial charge in [0.2, 0.25) is 0 Å². The summed E-state index contributed by atoms with van der Waals surface area (Å²) in [6, 6.07) is 4.36. The van der Waals surface area contributed by atoms with E-state index in [1.165, 1.54) is 17.7 Å². The van der Waals surface area contributed by atoms with Gasteiger partial charge in [-0.25, -0.2) is 4.98 Å². The molecular formula is C15H21N3. The first-order valence-electron chi connectivity index (χ1n) is 6.83. The summed E-state index contributed by atoms with van der Waals surface area (Å²) >= 11 is 0. The number of fused-ring (bicyclic) bond motifs is 1. The average molecular weight is 243 g/mol. The Labute approximate surface area is 109 Å². The third-order valence-corrected chi connectivity index (χ3v) is 3.42. The van der Waals surface area contributed by atoms with Gasteiger partial charge in [0.1, 0.15) is 11.9 Å². The summed E-state index contributed by atoms with van der Waals surface area (Å²) in [6.45, 7) is 8.37. The number of hydrogen-bond acceptors (Lipinski definition) is 3. The van der Waals surface area contributed by atoms with Gasteiger partial charge in [-0.2, -0.15) is 5.26 Å². The highest BCUT2D eigenvalue weighted by atomic mass is 15.2. The lowest BCUT2D eigenvalue weighted by molar-refractivity contribution is 0.613. The van der Waals surface area contributed by atoms with Crippen LogP contribution in [0.25, 0.3) is 0 Å². The molecule has 0 saturated heterocycles. The van der Waals surface area contributed by atoms with E-state index in [2.05, 4.69) is 31.7 Å². The van der Waals surface area contributed by atoms with Gasteiger partial charge in [0.15, 0.2) is 0 Å². The molecule has 1 heterocycles. The predicted molar refractivity (Wildman–Crippen MR) is 73.7 cm³/mol. The van der Waals surface area contributed by atoms with Crippen LogP contribution >= 0.6 is 0 Å². The molecule has 1 aliphatic rings.